The molecule has 0 amide bonds. The highest BCUT2D eigenvalue weighted by molar-refractivity contribution is 7.98. The van der Waals surface area contributed by atoms with Crippen LogP contribution >= 0.6 is 11.8 Å². The number of rotatable bonds is 5. The quantitative estimate of drug-likeness (QED) is 0.912. The Labute approximate surface area is 116 Å². The number of imidazole rings is 1. The smallest absolute Gasteiger partial charge is 0.337 e. The van der Waals surface area contributed by atoms with E-state index < -0.39 is 5.97 Å². The first-order chi connectivity index (χ1) is 9.06. The van der Waals surface area contributed by atoms with Crippen LogP contribution in [-0.4, -0.2) is 32.6 Å². The molecule has 0 bridgehead atoms. The Hall–Kier alpha value is -1.49. The molecule has 0 aliphatic heterocycles. The minimum Gasteiger partial charge on any atom is -0.478 e. The van der Waals surface area contributed by atoms with Gasteiger partial charge in [-0.05, 0) is 18.4 Å². The summed E-state index contributed by atoms with van der Waals surface area (Å²) in [4.78, 5) is 15.8. The maximum atomic E-state index is 11.3. The number of hydrogen-bond donors (Lipinski definition) is 1. The maximum Gasteiger partial charge on any atom is 0.337 e. The van der Waals surface area contributed by atoms with Gasteiger partial charge in [0.1, 0.15) is 11.3 Å². The van der Waals surface area contributed by atoms with Crippen LogP contribution < -0.4 is 0 Å². The number of nitrogens with zero attached hydrogens (tertiary/aromatic N) is 2. The van der Waals surface area contributed by atoms with E-state index in [9.17, 15) is 9.90 Å². The van der Waals surface area contributed by atoms with Crippen LogP contribution in [0.15, 0.2) is 18.2 Å². The topological polar surface area (TPSA) is 55.1 Å². The van der Waals surface area contributed by atoms with E-state index in [2.05, 4.69) is 29.7 Å². The molecule has 4 nitrogen and oxygen atoms in total. The van der Waals surface area contributed by atoms with Crippen molar-refractivity contribution in [1.29, 1.82) is 0 Å². The van der Waals surface area contributed by atoms with Gasteiger partial charge in [-0.2, -0.15) is 11.8 Å². The molecule has 5 heteroatoms. The molecule has 102 valence electrons. The van der Waals surface area contributed by atoms with Crippen molar-refractivity contribution in [3.8, 4) is 0 Å². The summed E-state index contributed by atoms with van der Waals surface area (Å²) < 4.78 is 2.14. The lowest BCUT2D eigenvalue weighted by Crippen LogP contribution is -2.07. The van der Waals surface area contributed by atoms with Crippen molar-refractivity contribution in [3.05, 3.63) is 29.6 Å². The van der Waals surface area contributed by atoms with Crippen molar-refractivity contribution in [1.82, 2.24) is 9.55 Å². The molecule has 2 rings (SSSR count). The van der Waals surface area contributed by atoms with Crippen molar-refractivity contribution >= 4 is 28.8 Å². The molecule has 0 radical (unpaired) electrons. The zero-order valence-corrected chi connectivity index (χ0v) is 12.2. The Morgan fingerprint density at radius 2 is 2.21 bits per heavy atom. The van der Waals surface area contributed by atoms with Crippen LogP contribution in [0, 0.1) is 0 Å². The van der Waals surface area contributed by atoms with E-state index >= 15 is 0 Å². The first-order valence-corrected chi connectivity index (χ1v) is 7.67. The monoisotopic (exact) mass is 278 g/mol. The van der Waals surface area contributed by atoms with Crippen molar-refractivity contribution in [2.45, 2.75) is 26.3 Å². The molecule has 2 aromatic rings. The SMILES string of the molecule is CSCCn1c(C(C)C)nc2c(C(=O)O)cccc21. The Kier molecular flexibility index (Phi) is 4.14. The molecule has 1 heterocycles. The molecule has 0 atom stereocenters. The van der Waals surface area contributed by atoms with Crippen molar-refractivity contribution in [3.63, 3.8) is 0 Å². The lowest BCUT2D eigenvalue weighted by Gasteiger charge is -2.10. The second-order valence-electron chi connectivity index (χ2n) is 4.75. The van der Waals surface area contributed by atoms with Crippen LogP contribution in [0.4, 0.5) is 0 Å². The molecule has 19 heavy (non-hydrogen) atoms. The summed E-state index contributed by atoms with van der Waals surface area (Å²) in [6.07, 6.45) is 2.07. The summed E-state index contributed by atoms with van der Waals surface area (Å²) in [6, 6.07) is 5.34. The first-order valence-electron chi connectivity index (χ1n) is 6.27. The zero-order valence-electron chi connectivity index (χ0n) is 11.4. The van der Waals surface area contributed by atoms with E-state index in [1.807, 2.05) is 6.07 Å². The number of aryl methyl sites for hydroxylation is 1. The zero-order chi connectivity index (χ0) is 14.0. The number of aromatic nitrogens is 2. The molecular formula is C14H18N2O2S. The molecule has 0 unspecified atom stereocenters. The second-order valence-corrected chi connectivity index (χ2v) is 5.73. The predicted octanol–water partition coefficient (Wildman–Crippen LogP) is 3.22. The van der Waals surface area contributed by atoms with Crippen molar-refractivity contribution in [2.75, 3.05) is 12.0 Å². The second kappa shape index (κ2) is 5.65. The van der Waals surface area contributed by atoms with Gasteiger partial charge in [0, 0.05) is 18.2 Å². The van der Waals surface area contributed by atoms with E-state index in [1.54, 1.807) is 23.9 Å². The van der Waals surface area contributed by atoms with Gasteiger partial charge < -0.3 is 9.67 Å². The van der Waals surface area contributed by atoms with Gasteiger partial charge in [0.25, 0.3) is 0 Å². The van der Waals surface area contributed by atoms with Gasteiger partial charge in [-0.1, -0.05) is 19.9 Å². The fourth-order valence-corrected chi connectivity index (χ4v) is 2.56. The average molecular weight is 278 g/mol. The van der Waals surface area contributed by atoms with E-state index in [4.69, 9.17) is 0 Å². The van der Waals surface area contributed by atoms with Gasteiger partial charge in [0.05, 0.1) is 11.1 Å². The average Bonchev–Trinajstić information content (AvgIpc) is 2.74. The highest BCUT2D eigenvalue weighted by Crippen LogP contribution is 2.24. The molecule has 0 saturated heterocycles. The summed E-state index contributed by atoms with van der Waals surface area (Å²) in [6.45, 7) is 5.02. The predicted molar refractivity (Wildman–Crippen MR) is 79.2 cm³/mol. The number of carbonyl (C=O) groups is 1. The normalized spacial score (nSPS) is 11.4. The lowest BCUT2D eigenvalue weighted by molar-refractivity contribution is 0.0699. The van der Waals surface area contributed by atoms with Crippen LogP contribution in [0.25, 0.3) is 11.0 Å². The highest BCUT2D eigenvalue weighted by Gasteiger charge is 2.18. The Morgan fingerprint density at radius 3 is 2.79 bits per heavy atom. The van der Waals surface area contributed by atoms with Gasteiger partial charge in [0.15, 0.2) is 0 Å². The summed E-state index contributed by atoms with van der Waals surface area (Å²) in [7, 11) is 0. The fourth-order valence-electron chi connectivity index (χ4n) is 2.20. The van der Waals surface area contributed by atoms with Crippen molar-refractivity contribution in [2.24, 2.45) is 0 Å². The van der Waals surface area contributed by atoms with Gasteiger partial charge in [0.2, 0.25) is 0 Å². The first kappa shape index (κ1) is 13.9. The van der Waals surface area contributed by atoms with Crippen molar-refractivity contribution < 1.29 is 9.90 Å². The fraction of sp³-hybridized carbons (Fsp3) is 0.429. The van der Waals surface area contributed by atoms with Crippen LogP contribution in [0.1, 0.15) is 35.9 Å². The number of fused-ring (bicyclic) bond motifs is 1. The van der Waals surface area contributed by atoms with Crippen LogP contribution in [0.2, 0.25) is 0 Å². The van der Waals surface area contributed by atoms with Gasteiger partial charge in [-0.25, -0.2) is 9.78 Å². The number of carboxylic acids is 1. The number of benzene rings is 1. The number of hydrogen-bond acceptors (Lipinski definition) is 3. The molecule has 0 aliphatic rings. The van der Waals surface area contributed by atoms with Crippen LogP contribution in [0.3, 0.4) is 0 Å². The minimum absolute atomic E-state index is 0.274. The summed E-state index contributed by atoms with van der Waals surface area (Å²) in [5.74, 6) is 1.30. The molecule has 0 fully saturated rings. The largest absolute Gasteiger partial charge is 0.478 e. The minimum atomic E-state index is -0.921. The summed E-state index contributed by atoms with van der Waals surface area (Å²) >= 11 is 1.77. The lowest BCUT2D eigenvalue weighted by atomic mass is 10.2. The molecular weight excluding hydrogens is 260 g/mol. The van der Waals surface area contributed by atoms with E-state index in [0.29, 0.717) is 5.52 Å². The molecule has 1 aromatic carbocycles. The van der Waals surface area contributed by atoms with Crippen LogP contribution in [-0.2, 0) is 6.54 Å². The van der Waals surface area contributed by atoms with Gasteiger partial charge in [-0.15, -0.1) is 0 Å². The third-order valence-electron chi connectivity index (χ3n) is 3.07. The highest BCUT2D eigenvalue weighted by atomic mass is 32.2. The summed E-state index contributed by atoms with van der Waals surface area (Å²) in [5, 5.41) is 9.24. The third kappa shape index (κ3) is 2.61. The molecule has 0 aliphatic carbocycles. The molecule has 1 aromatic heterocycles. The molecule has 0 spiro atoms. The Morgan fingerprint density at radius 1 is 1.47 bits per heavy atom. The number of para-hydroxylation sites is 1. The Balaban J connectivity index is 2.66. The Bertz CT molecular complexity index is 605. The van der Waals surface area contributed by atoms with Gasteiger partial charge in [-0.3, -0.25) is 0 Å². The standard InChI is InChI=1S/C14H18N2O2S/c1-9(2)13-15-12-10(14(17)18)5-4-6-11(12)16(13)7-8-19-3/h4-6,9H,7-8H2,1-3H3,(H,17,18). The number of thioether (sulfide) groups is 1. The van der Waals surface area contributed by atoms with Gasteiger partial charge >= 0.3 is 5.97 Å². The molecule has 1 N–H and O–H groups in total. The van der Waals surface area contributed by atoms with E-state index in [-0.39, 0.29) is 11.5 Å². The maximum absolute atomic E-state index is 11.3. The third-order valence-corrected chi connectivity index (χ3v) is 3.67. The number of aromatic carboxylic acids is 1. The number of carboxylic acid groups (broad SMARTS) is 1. The van der Waals surface area contributed by atoms with Crippen LogP contribution in [0.5, 0.6) is 0 Å². The summed E-state index contributed by atoms with van der Waals surface area (Å²) in [5.41, 5.74) is 1.79. The van der Waals surface area contributed by atoms with E-state index in [0.717, 1.165) is 23.6 Å². The van der Waals surface area contributed by atoms with E-state index in [1.165, 1.54) is 0 Å². The molecule has 0 saturated carbocycles.